The first-order valence-corrected chi connectivity index (χ1v) is 5.63. The predicted octanol–water partition coefficient (Wildman–Crippen LogP) is 4.20. The van der Waals surface area contributed by atoms with Crippen molar-refractivity contribution in [1.82, 2.24) is 0 Å². The summed E-state index contributed by atoms with van der Waals surface area (Å²) >= 11 is 0. The molecule has 0 aliphatic heterocycles. The summed E-state index contributed by atoms with van der Waals surface area (Å²) in [6, 6.07) is -0.0790. The first kappa shape index (κ1) is 19.6. The SMILES string of the molecule is O=C(/C=C(\O)OC(C(F)(F)F)C(F)(F)F)c1cc(F)c(F)cc1F. The van der Waals surface area contributed by atoms with Gasteiger partial charge in [0.25, 0.3) is 12.0 Å². The van der Waals surface area contributed by atoms with Crippen molar-refractivity contribution in [2.24, 2.45) is 0 Å². The number of ketones is 1. The van der Waals surface area contributed by atoms with Crippen molar-refractivity contribution in [2.45, 2.75) is 18.5 Å². The Morgan fingerprint density at radius 1 is 0.958 bits per heavy atom. The number of allylic oxidation sites excluding steroid dienone is 1. The Morgan fingerprint density at radius 3 is 1.88 bits per heavy atom. The number of aliphatic hydroxyl groups excluding tert-OH is 1. The third-order valence-corrected chi connectivity index (χ3v) is 2.36. The lowest BCUT2D eigenvalue weighted by atomic mass is 10.1. The Hall–Kier alpha value is -2.40. The Kier molecular flexibility index (Phi) is 5.41. The van der Waals surface area contributed by atoms with Gasteiger partial charge in [-0.05, 0) is 6.07 Å². The van der Waals surface area contributed by atoms with Crippen LogP contribution in [0.4, 0.5) is 39.5 Å². The minimum absolute atomic E-state index is 0.00177. The van der Waals surface area contributed by atoms with Crippen LogP contribution in [0.3, 0.4) is 0 Å². The molecule has 0 atom stereocenters. The number of hydrogen-bond donors (Lipinski definition) is 1. The van der Waals surface area contributed by atoms with Gasteiger partial charge in [-0.3, -0.25) is 4.79 Å². The molecular weight excluding hydrogens is 363 g/mol. The summed E-state index contributed by atoms with van der Waals surface area (Å²) in [5.41, 5.74) is -1.25. The van der Waals surface area contributed by atoms with Crippen molar-refractivity contribution in [3.63, 3.8) is 0 Å². The van der Waals surface area contributed by atoms with E-state index in [4.69, 9.17) is 5.11 Å². The third kappa shape index (κ3) is 4.80. The molecule has 0 saturated heterocycles. The van der Waals surface area contributed by atoms with Gasteiger partial charge in [0.2, 0.25) is 0 Å². The molecule has 0 saturated carbocycles. The van der Waals surface area contributed by atoms with E-state index < -0.39 is 53.2 Å². The zero-order valence-corrected chi connectivity index (χ0v) is 11.0. The second-order valence-electron chi connectivity index (χ2n) is 4.17. The lowest BCUT2D eigenvalue weighted by molar-refractivity contribution is -0.319. The van der Waals surface area contributed by atoms with Crippen molar-refractivity contribution in [3.8, 4) is 0 Å². The van der Waals surface area contributed by atoms with Crippen LogP contribution in [-0.2, 0) is 4.74 Å². The molecule has 0 fully saturated rings. The van der Waals surface area contributed by atoms with Crippen LogP contribution in [0, 0.1) is 17.5 Å². The first-order valence-electron chi connectivity index (χ1n) is 5.63. The van der Waals surface area contributed by atoms with Crippen LogP contribution in [0.15, 0.2) is 24.2 Å². The molecule has 0 spiro atoms. The summed E-state index contributed by atoms with van der Waals surface area (Å²) < 4.78 is 115. The number of alkyl halides is 6. The third-order valence-electron chi connectivity index (χ3n) is 2.36. The smallest absolute Gasteiger partial charge is 0.434 e. The molecule has 0 aliphatic rings. The summed E-state index contributed by atoms with van der Waals surface area (Å²) in [4.78, 5) is 11.4. The van der Waals surface area contributed by atoms with E-state index in [-0.39, 0.29) is 18.2 Å². The van der Waals surface area contributed by atoms with E-state index in [0.717, 1.165) is 0 Å². The van der Waals surface area contributed by atoms with Gasteiger partial charge in [0.1, 0.15) is 5.82 Å². The van der Waals surface area contributed by atoms with Crippen molar-refractivity contribution in [3.05, 3.63) is 47.2 Å². The van der Waals surface area contributed by atoms with E-state index in [1.807, 2.05) is 0 Å². The highest BCUT2D eigenvalue weighted by Gasteiger charge is 2.59. The minimum atomic E-state index is -5.98. The highest BCUT2D eigenvalue weighted by Crippen LogP contribution is 2.36. The molecule has 24 heavy (non-hydrogen) atoms. The number of benzene rings is 1. The second-order valence-corrected chi connectivity index (χ2v) is 4.17. The fourth-order valence-electron chi connectivity index (χ4n) is 1.38. The van der Waals surface area contributed by atoms with Gasteiger partial charge >= 0.3 is 12.4 Å². The van der Waals surface area contributed by atoms with Crippen LogP contribution in [0.5, 0.6) is 0 Å². The van der Waals surface area contributed by atoms with Crippen LogP contribution in [0.2, 0.25) is 0 Å². The molecule has 0 bridgehead atoms. The predicted molar refractivity (Wildman–Crippen MR) is 58.3 cm³/mol. The molecule has 12 heteroatoms. The van der Waals surface area contributed by atoms with E-state index in [9.17, 15) is 44.3 Å². The molecule has 134 valence electrons. The van der Waals surface area contributed by atoms with Crippen molar-refractivity contribution >= 4 is 5.78 Å². The maximum atomic E-state index is 13.2. The van der Waals surface area contributed by atoms with Crippen LogP contribution in [0.1, 0.15) is 10.4 Å². The summed E-state index contributed by atoms with van der Waals surface area (Å²) in [6.45, 7) is 0. The van der Waals surface area contributed by atoms with Gasteiger partial charge in [0, 0.05) is 6.07 Å². The number of ether oxygens (including phenoxy) is 1. The zero-order chi connectivity index (χ0) is 18.9. The van der Waals surface area contributed by atoms with Crippen LogP contribution in [0.25, 0.3) is 0 Å². The van der Waals surface area contributed by atoms with Crippen molar-refractivity contribution < 1.29 is 54.2 Å². The van der Waals surface area contributed by atoms with E-state index in [1.165, 1.54) is 0 Å². The summed E-state index contributed by atoms with van der Waals surface area (Å²) in [5, 5.41) is 8.92. The summed E-state index contributed by atoms with van der Waals surface area (Å²) in [7, 11) is 0. The Morgan fingerprint density at radius 2 is 1.42 bits per heavy atom. The highest BCUT2D eigenvalue weighted by molar-refractivity contribution is 6.04. The van der Waals surface area contributed by atoms with Gasteiger partial charge in [-0.2, -0.15) is 26.3 Å². The topological polar surface area (TPSA) is 46.5 Å². The second kappa shape index (κ2) is 6.61. The summed E-state index contributed by atoms with van der Waals surface area (Å²) in [5.74, 6) is -8.97. The van der Waals surface area contributed by atoms with Crippen molar-refractivity contribution in [1.29, 1.82) is 0 Å². The van der Waals surface area contributed by atoms with Gasteiger partial charge in [-0.25, -0.2) is 13.2 Å². The normalized spacial score (nSPS) is 13.3. The molecule has 1 aromatic carbocycles. The molecule has 1 rings (SSSR count). The molecule has 1 aromatic rings. The fourth-order valence-corrected chi connectivity index (χ4v) is 1.38. The number of halogens is 9. The Balaban J connectivity index is 3.08. The molecule has 1 N–H and O–H groups in total. The van der Waals surface area contributed by atoms with Gasteiger partial charge in [-0.15, -0.1) is 0 Å². The number of carbonyl (C=O) groups is 1. The Labute approximate surface area is 126 Å². The molecular formula is C12H5F9O3. The van der Waals surface area contributed by atoms with Gasteiger partial charge in [-0.1, -0.05) is 0 Å². The quantitative estimate of drug-likeness (QED) is 0.285. The number of rotatable bonds is 4. The van der Waals surface area contributed by atoms with Crippen LogP contribution >= 0.6 is 0 Å². The molecule has 0 heterocycles. The average molecular weight is 368 g/mol. The Bertz CT molecular complexity index is 647. The lowest BCUT2D eigenvalue weighted by Gasteiger charge is -2.22. The van der Waals surface area contributed by atoms with E-state index in [2.05, 4.69) is 4.74 Å². The van der Waals surface area contributed by atoms with Gasteiger partial charge < -0.3 is 9.84 Å². The molecule has 3 nitrogen and oxygen atoms in total. The maximum absolute atomic E-state index is 13.2. The highest BCUT2D eigenvalue weighted by atomic mass is 19.4. The lowest BCUT2D eigenvalue weighted by Crippen LogP contribution is -2.44. The first-order chi connectivity index (χ1) is 10.7. The summed E-state index contributed by atoms with van der Waals surface area (Å²) in [6.07, 6.45) is -16.8. The largest absolute Gasteiger partial charge is 0.481 e. The van der Waals surface area contributed by atoms with Crippen molar-refractivity contribution in [2.75, 3.05) is 0 Å². The number of aliphatic hydroxyl groups is 1. The molecule has 0 radical (unpaired) electrons. The fraction of sp³-hybridized carbons (Fsp3) is 0.250. The molecule has 0 aliphatic carbocycles. The average Bonchev–Trinajstić information content (AvgIpc) is 2.37. The van der Waals surface area contributed by atoms with Gasteiger partial charge in [0.15, 0.2) is 17.4 Å². The van der Waals surface area contributed by atoms with Crippen LogP contribution < -0.4 is 0 Å². The standard InChI is InChI=1S/C12H5F9O3/c13-5-2-7(15)6(14)1-4(5)8(22)3-9(23)24-10(11(16,17)18)12(19,20)21/h1-3,10,23H/b9-3+. The van der Waals surface area contributed by atoms with E-state index >= 15 is 0 Å². The van der Waals surface area contributed by atoms with E-state index in [1.54, 1.807) is 0 Å². The monoisotopic (exact) mass is 368 g/mol. The molecule has 0 aromatic heterocycles. The van der Waals surface area contributed by atoms with E-state index in [0.29, 0.717) is 0 Å². The van der Waals surface area contributed by atoms with Crippen LogP contribution in [-0.4, -0.2) is 29.3 Å². The number of carbonyl (C=O) groups excluding carboxylic acids is 1. The maximum Gasteiger partial charge on any atom is 0.434 e. The minimum Gasteiger partial charge on any atom is -0.481 e. The number of hydrogen-bond acceptors (Lipinski definition) is 3. The zero-order valence-electron chi connectivity index (χ0n) is 11.0. The van der Waals surface area contributed by atoms with Gasteiger partial charge in [0.05, 0.1) is 11.6 Å². The molecule has 0 amide bonds. The molecule has 0 unspecified atom stereocenters.